The third-order valence-corrected chi connectivity index (χ3v) is 6.88. The first-order valence-corrected chi connectivity index (χ1v) is 10.00. The van der Waals surface area contributed by atoms with Crippen molar-refractivity contribution in [2.24, 2.45) is 5.10 Å². The Balaban J connectivity index is 2.01. The van der Waals surface area contributed by atoms with Crippen molar-refractivity contribution >= 4 is 55.4 Å². The molecule has 0 aromatic heterocycles. The van der Waals surface area contributed by atoms with E-state index in [2.05, 4.69) is 33.1 Å². The Labute approximate surface area is 154 Å². The van der Waals surface area contributed by atoms with Crippen LogP contribution in [0.2, 0.25) is 5.02 Å². The van der Waals surface area contributed by atoms with Gasteiger partial charge in [0.25, 0.3) is 0 Å². The van der Waals surface area contributed by atoms with Crippen LogP contribution >= 0.6 is 34.2 Å². The van der Waals surface area contributed by atoms with E-state index in [-0.39, 0.29) is 0 Å². The summed E-state index contributed by atoms with van der Waals surface area (Å²) in [4.78, 5) is 0.295. The summed E-state index contributed by atoms with van der Waals surface area (Å²) in [6.07, 6.45) is 0.354. The molecule has 2 aromatic rings. The molecule has 23 heavy (non-hydrogen) atoms. The lowest BCUT2D eigenvalue weighted by Crippen LogP contribution is -2.30. The molecule has 0 saturated heterocycles. The molecule has 120 valence electrons. The van der Waals surface area contributed by atoms with Gasteiger partial charge in [0, 0.05) is 20.6 Å². The molecule has 0 radical (unpaired) electrons. The van der Waals surface area contributed by atoms with Gasteiger partial charge >= 0.3 is 0 Å². The smallest absolute Gasteiger partial charge is 0.182 e. The van der Waals surface area contributed by atoms with Gasteiger partial charge in [-0.1, -0.05) is 11.6 Å². The van der Waals surface area contributed by atoms with Crippen LogP contribution in [0, 0.1) is 3.57 Å². The SMILES string of the molecule is C[C@@H]1C/C(=N/Nc2ccc(I)cc2)c2cc(Cl)ccc2S1(=O)=O. The molecule has 0 aliphatic carbocycles. The van der Waals surface area contributed by atoms with Crippen LogP contribution in [-0.2, 0) is 9.84 Å². The van der Waals surface area contributed by atoms with Gasteiger partial charge in [-0.2, -0.15) is 5.10 Å². The van der Waals surface area contributed by atoms with Crippen molar-refractivity contribution in [3.05, 3.63) is 56.6 Å². The van der Waals surface area contributed by atoms with Gasteiger partial charge in [-0.3, -0.25) is 5.43 Å². The molecule has 0 bridgehead atoms. The molecular weight excluding hydrogens is 447 g/mol. The number of hydrogen-bond donors (Lipinski definition) is 1. The van der Waals surface area contributed by atoms with E-state index in [4.69, 9.17) is 11.6 Å². The van der Waals surface area contributed by atoms with E-state index in [0.29, 0.717) is 27.6 Å². The summed E-state index contributed by atoms with van der Waals surface area (Å²) in [7, 11) is -3.33. The third-order valence-electron chi connectivity index (χ3n) is 3.73. The molecule has 0 fully saturated rings. The van der Waals surface area contributed by atoms with Crippen molar-refractivity contribution in [2.75, 3.05) is 5.43 Å². The first kappa shape index (κ1) is 16.7. The lowest BCUT2D eigenvalue weighted by Gasteiger charge is -2.23. The van der Waals surface area contributed by atoms with E-state index in [1.165, 1.54) is 0 Å². The highest BCUT2D eigenvalue weighted by Crippen LogP contribution is 2.32. The number of benzene rings is 2. The van der Waals surface area contributed by atoms with Gasteiger partial charge in [0.15, 0.2) is 9.84 Å². The van der Waals surface area contributed by atoms with Crippen molar-refractivity contribution < 1.29 is 8.42 Å². The molecule has 3 rings (SSSR count). The zero-order valence-corrected chi connectivity index (χ0v) is 16.0. The standard InChI is InChI=1S/C16H14ClIN2O2S/c1-10-8-15(20-19-13-5-3-12(18)4-6-13)14-9-11(17)2-7-16(14)23(10,21)22/h2-7,9-10,19H,8H2,1H3/b20-15-/t10-/m1/s1. The largest absolute Gasteiger partial charge is 0.278 e. The maximum absolute atomic E-state index is 12.5. The van der Waals surface area contributed by atoms with Crippen LogP contribution in [0.4, 0.5) is 5.69 Å². The van der Waals surface area contributed by atoms with Gasteiger partial charge in [-0.15, -0.1) is 0 Å². The summed E-state index contributed by atoms with van der Waals surface area (Å²) in [5.41, 5.74) is 5.12. The Morgan fingerprint density at radius 3 is 2.61 bits per heavy atom. The molecule has 7 heteroatoms. The zero-order chi connectivity index (χ0) is 16.6. The van der Waals surface area contributed by atoms with E-state index in [9.17, 15) is 8.42 Å². The van der Waals surface area contributed by atoms with Crippen LogP contribution in [0.3, 0.4) is 0 Å². The fourth-order valence-corrected chi connectivity index (χ4v) is 4.53. The fraction of sp³-hybridized carbons (Fsp3) is 0.188. The zero-order valence-electron chi connectivity index (χ0n) is 12.3. The van der Waals surface area contributed by atoms with E-state index in [0.717, 1.165) is 9.26 Å². The second-order valence-corrected chi connectivity index (χ2v) is 9.39. The maximum Gasteiger partial charge on any atom is 0.182 e. The van der Waals surface area contributed by atoms with E-state index in [1.807, 2.05) is 24.3 Å². The number of anilines is 1. The third kappa shape index (κ3) is 3.39. The van der Waals surface area contributed by atoms with E-state index < -0.39 is 15.1 Å². The number of hydrazone groups is 1. The van der Waals surface area contributed by atoms with Crippen LogP contribution in [0.5, 0.6) is 0 Å². The normalized spacial score (nSPS) is 21.0. The molecule has 0 amide bonds. The van der Waals surface area contributed by atoms with Gasteiger partial charge in [0.1, 0.15) is 0 Å². The average molecular weight is 461 g/mol. The molecular formula is C16H14ClIN2O2S. The summed E-state index contributed by atoms with van der Waals surface area (Å²) < 4.78 is 26.0. The number of halogens is 2. The lowest BCUT2D eigenvalue weighted by atomic mass is 10.1. The molecule has 0 saturated carbocycles. The Bertz CT molecular complexity index is 879. The minimum absolute atomic E-state index is 0.295. The number of sulfone groups is 1. The Kier molecular flexibility index (Phi) is 4.66. The van der Waals surface area contributed by atoms with Gasteiger partial charge < -0.3 is 0 Å². The summed E-state index contributed by atoms with van der Waals surface area (Å²) in [6, 6.07) is 12.6. The van der Waals surface area contributed by atoms with Gasteiger partial charge in [-0.05, 0) is 72.0 Å². The summed E-state index contributed by atoms with van der Waals surface area (Å²) in [5.74, 6) is 0. The fourth-order valence-electron chi connectivity index (χ4n) is 2.45. The summed E-state index contributed by atoms with van der Waals surface area (Å²) >= 11 is 8.27. The molecule has 1 atom stereocenters. The van der Waals surface area contributed by atoms with E-state index >= 15 is 0 Å². The van der Waals surface area contributed by atoms with Crippen LogP contribution in [0.15, 0.2) is 52.5 Å². The van der Waals surface area contributed by atoms with Crippen LogP contribution in [0.25, 0.3) is 0 Å². The second-order valence-electron chi connectivity index (χ2n) is 5.38. The van der Waals surface area contributed by atoms with Gasteiger partial charge in [0.2, 0.25) is 0 Å². The minimum Gasteiger partial charge on any atom is -0.278 e. The molecule has 0 unspecified atom stereocenters. The highest BCUT2D eigenvalue weighted by Gasteiger charge is 2.34. The molecule has 2 aromatic carbocycles. The van der Waals surface area contributed by atoms with Crippen molar-refractivity contribution in [2.45, 2.75) is 23.5 Å². The summed E-state index contributed by atoms with van der Waals surface area (Å²) in [6.45, 7) is 1.70. The number of fused-ring (bicyclic) bond motifs is 1. The molecule has 1 heterocycles. The Morgan fingerprint density at radius 1 is 1.22 bits per heavy atom. The highest BCUT2D eigenvalue weighted by atomic mass is 127. The second kappa shape index (κ2) is 6.41. The van der Waals surface area contributed by atoms with Crippen molar-refractivity contribution in [3.8, 4) is 0 Å². The monoisotopic (exact) mass is 460 g/mol. The summed E-state index contributed by atoms with van der Waals surface area (Å²) in [5, 5.41) is 4.41. The molecule has 1 aliphatic heterocycles. The van der Waals surface area contributed by atoms with Crippen LogP contribution < -0.4 is 5.43 Å². The van der Waals surface area contributed by atoms with Crippen molar-refractivity contribution in [3.63, 3.8) is 0 Å². The van der Waals surface area contributed by atoms with Gasteiger partial charge in [0.05, 0.1) is 21.5 Å². The Hall–Kier alpha value is -1.12. The first-order chi connectivity index (χ1) is 10.9. The van der Waals surface area contributed by atoms with Crippen molar-refractivity contribution in [1.29, 1.82) is 0 Å². The van der Waals surface area contributed by atoms with Crippen LogP contribution in [-0.4, -0.2) is 19.4 Å². The quantitative estimate of drug-likeness (QED) is 0.536. The number of nitrogens with one attached hydrogen (secondary N) is 1. The molecule has 4 nitrogen and oxygen atoms in total. The lowest BCUT2D eigenvalue weighted by molar-refractivity contribution is 0.582. The predicted octanol–water partition coefficient (Wildman–Crippen LogP) is 4.33. The van der Waals surface area contributed by atoms with Crippen LogP contribution in [0.1, 0.15) is 18.9 Å². The number of nitrogens with zero attached hydrogens (tertiary/aromatic N) is 1. The van der Waals surface area contributed by atoms with E-state index in [1.54, 1.807) is 25.1 Å². The number of rotatable bonds is 2. The van der Waals surface area contributed by atoms with Crippen molar-refractivity contribution in [1.82, 2.24) is 0 Å². The topological polar surface area (TPSA) is 58.5 Å². The number of hydrogen-bond acceptors (Lipinski definition) is 4. The molecule has 1 aliphatic rings. The maximum atomic E-state index is 12.5. The molecule has 1 N–H and O–H groups in total. The Morgan fingerprint density at radius 2 is 1.91 bits per heavy atom. The van der Waals surface area contributed by atoms with Gasteiger partial charge in [-0.25, -0.2) is 8.42 Å². The highest BCUT2D eigenvalue weighted by molar-refractivity contribution is 14.1. The minimum atomic E-state index is -3.33. The first-order valence-electron chi connectivity index (χ1n) is 7.00. The predicted molar refractivity (Wildman–Crippen MR) is 102 cm³/mol. The average Bonchev–Trinajstić information content (AvgIpc) is 2.51. The molecule has 0 spiro atoms.